The summed E-state index contributed by atoms with van der Waals surface area (Å²) in [6.07, 6.45) is 1.81. The summed E-state index contributed by atoms with van der Waals surface area (Å²) in [5.74, 6) is -1.40. The number of hydrogen-bond acceptors (Lipinski definition) is 4. The largest absolute Gasteiger partial charge is 0.393 e. The average Bonchev–Trinajstić information content (AvgIpc) is 2.46. The predicted octanol–water partition coefficient (Wildman–Crippen LogP) is 2.26. The molecule has 3 N–H and O–H groups in total. The van der Waals surface area contributed by atoms with Gasteiger partial charge in [0.1, 0.15) is 0 Å². The van der Waals surface area contributed by atoms with E-state index in [0.29, 0.717) is 12.1 Å². The molecule has 1 atom stereocenters. The van der Waals surface area contributed by atoms with Crippen molar-refractivity contribution in [3.63, 3.8) is 0 Å². The molecule has 0 aliphatic rings. The van der Waals surface area contributed by atoms with Gasteiger partial charge in [0.15, 0.2) is 0 Å². The van der Waals surface area contributed by atoms with E-state index in [9.17, 15) is 14.7 Å². The minimum Gasteiger partial charge on any atom is -0.393 e. The Morgan fingerprint density at radius 3 is 2.55 bits per heavy atom. The summed E-state index contributed by atoms with van der Waals surface area (Å²) in [6, 6.07) is 7.28. The Morgan fingerprint density at radius 2 is 1.95 bits per heavy atom. The zero-order valence-corrected chi connectivity index (χ0v) is 14.3. The number of rotatable bonds is 5. The lowest BCUT2D eigenvalue weighted by atomic mass is 9.87. The summed E-state index contributed by atoms with van der Waals surface area (Å²) in [7, 11) is 0. The fourth-order valence-electron chi connectivity index (χ4n) is 1.72. The first kappa shape index (κ1) is 18.5. The molecule has 1 rings (SSSR count). The maximum Gasteiger partial charge on any atom is 0.313 e. The summed E-state index contributed by atoms with van der Waals surface area (Å²) < 4.78 is 0. The number of aliphatic hydroxyl groups excluding tert-OH is 1. The molecule has 0 radical (unpaired) electrons. The Kier molecular flexibility index (Phi) is 6.90. The van der Waals surface area contributed by atoms with Crippen LogP contribution in [0.15, 0.2) is 29.2 Å². The number of carbonyl (C=O) groups excluding carboxylic acids is 2. The first-order valence-corrected chi connectivity index (χ1v) is 8.38. The summed E-state index contributed by atoms with van der Waals surface area (Å²) >= 11 is 1.56. The van der Waals surface area contributed by atoms with E-state index >= 15 is 0 Å². The van der Waals surface area contributed by atoms with E-state index in [2.05, 4.69) is 10.6 Å². The van der Waals surface area contributed by atoms with Gasteiger partial charge in [-0.15, -0.1) is 11.8 Å². The number of carbonyl (C=O) groups is 2. The van der Waals surface area contributed by atoms with Gasteiger partial charge in [-0.05, 0) is 36.3 Å². The fraction of sp³-hybridized carbons (Fsp3) is 0.500. The lowest BCUT2D eigenvalue weighted by Gasteiger charge is -2.25. The molecule has 1 aromatic carbocycles. The van der Waals surface area contributed by atoms with Crippen LogP contribution in [0.1, 0.15) is 27.2 Å². The van der Waals surface area contributed by atoms with Crippen molar-refractivity contribution >= 4 is 29.3 Å². The molecule has 0 saturated carbocycles. The standard InChI is InChI=1S/C16H24N2O3S/c1-16(2,3)13(19)8-9-17-14(20)15(21)18-11-6-5-7-12(10-11)22-4/h5-7,10,13,19H,8-9H2,1-4H3,(H,17,20)(H,18,21). The molecule has 0 spiro atoms. The second-order valence-corrected chi connectivity index (χ2v) is 6.99. The molecule has 22 heavy (non-hydrogen) atoms. The van der Waals surface area contributed by atoms with Crippen molar-refractivity contribution in [3.8, 4) is 0 Å². The molecule has 0 saturated heterocycles. The first-order chi connectivity index (χ1) is 10.2. The van der Waals surface area contributed by atoms with Gasteiger partial charge in [-0.2, -0.15) is 0 Å². The van der Waals surface area contributed by atoms with Crippen LogP contribution in [0, 0.1) is 5.41 Å². The highest BCUT2D eigenvalue weighted by molar-refractivity contribution is 7.98. The van der Waals surface area contributed by atoms with Crippen LogP contribution < -0.4 is 10.6 Å². The van der Waals surface area contributed by atoms with Gasteiger partial charge in [-0.1, -0.05) is 26.8 Å². The number of benzene rings is 1. The Hall–Kier alpha value is -1.53. The molecule has 0 aliphatic carbocycles. The fourth-order valence-corrected chi connectivity index (χ4v) is 2.18. The van der Waals surface area contributed by atoms with Crippen LogP contribution in [0.5, 0.6) is 0 Å². The number of thioether (sulfide) groups is 1. The van der Waals surface area contributed by atoms with E-state index in [1.807, 2.05) is 39.2 Å². The maximum atomic E-state index is 11.8. The van der Waals surface area contributed by atoms with Crippen LogP contribution in [0.3, 0.4) is 0 Å². The van der Waals surface area contributed by atoms with Crippen molar-refractivity contribution in [1.29, 1.82) is 0 Å². The minimum absolute atomic E-state index is 0.245. The van der Waals surface area contributed by atoms with Crippen molar-refractivity contribution in [2.75, 3.05) is 18.1 Å². The number of amides is 2. The van der Waals surface area contributed by atoms with E-state index in [1.54, 1.807) is 23.9 Å². The SMILES string of the molecule is CSc1cccc(NC(=O)C(=O)NCCC(O)C(C)(C)C)c1. The van der Waals surface area contributed by atoms with Crippen molar-refractivity contribution < 1.29 is 14.7 Å². The van der Waals surface area contributed by atoms with Gasteiger partial charge in [0.05, 0.1) is 6.10 Å². The van der Waals surface area contributed by atoms with Gasteiger partial charge in [-0.3, -0.25) is 9.59 Å². The normalized spacial score (nSPS) is 12.6. The van der Waals surface area contributed by atoms with E-state index in [0.717, 1.165) is 4.90 Å². The molecule has 6 heteroatoms. The second kappa shape index (κ2) is 8.19. The molecule has 0 aromatic heterocycles. The topological polar surface area (TPSA) is 78.4 Å². The van der Waals surface area contributed by atoms with E-state index < -0.39 is 17.9 Å². The summed E-state index contributed by atoms with van der Waals surface area (Å²) in [4.78, 5) is 24.5. The van der Waals surface area contributed by atoms with E-state index in [-0.39, 0.29) is 12.0 Å². The average molecular weight is 324 g/mol. The third-order valence-electron chi connectivity index (χ3n) is 3.24. The summed E-state index contributed by atoms with van der Waals surface area (Å²) in [5, 5.41) is 15.0. The van der Waals surface area contributed by atoms with E-state index in [4.69, 9.17) is 0 Å². The second-order valence-electron chi connectivity index (χ2n) is 6.11. The van der Waals surface area contributed by atoms with Crippen LogP contribution >= 0.6 is 11.8 Å². The number of hydrogen-bond donors (Lipinski definition) is 3. The smallest absolute Gasteiger partial charge is 0.313 e. The molecule has 0 aliphatic heterocycles. The van der Waals surface area contributed by atoms with Gasteiger partial charge in [-0.25, -0.2) is 0 Å². The molecule has 122 valence electrons. The monoisotopic (exact) mass is 324 g/mol. The highest BCUT2D eigenvalue weighted by atomic mass is 32.2. The van der Waals surface area contributed by atoms with Crippen LogP contribution in [0.4, 0.5) is 5.69 Å². The van der Waals surface area contributed by atoms with E-state index in [1.165, 1.54) is 0 Å². The Labute approximate surface area is 135 Å². The molecule has 2 amide bonds. The van der Waals surface area contributed by atoms with Gasteiger partial charge in [0, 0.05) is 17.1 Å². The Morgan fingerprint density at radius 1 is 1.27 bits per heavy atom. The Balaban J connectivity index is 2.44. The zero-order valence-electron chi connectivity index (χ0n) is 13.5. The number of anilines is 1. The zero-order chi connectivity index (χ0) is 16.8. The van der Waals surface area contributed by atoms with Crippen LogP contribution in [0.25, 0.3) is 0 Å². The third-order valence-corrected chi connectivity index (χ3v) is 3.96. The van der Waals surface area contributed by atoms with Crippen molar-refractivity contribution in [1.82, 2.24) is 5.32 Å². The first-order valence-electron chi connectivity index (χ1n) is 7.15. The van der Waals surface area contributed by atoms with Crippen molar-refractivity contribution in [2.24, 2.45) is 5.41 Å². The lowest BCUT2D eigenvalue weighted by molar-refractivity contribution is -0.136. The van der Waals surface area contributed by atoms with Crippen LogP contribution in [-0.2, 0) is 9.59 Å². The number of nitrogens with one attached hydrogen (secondary N) is 2. The molecular formula is C16H24N2O3S. The molecule has 5 nitrogen and oxygen atoms in total. The predicted molar refractivity (Wildman–Crippen MR) is 89.9 cm³/mol. The molecule has 0 heterocycles. The highest BCUT2D eigenvalue weighted by Gasteiger charge is 2.22. The molecular weight excluding hydrogens is 300 g/mol. The maximum absolute atomic E-state index is 11.8. The van der Waals surface area contributed by atoms with Gasteiger partial charge < -0.3 is 15.7 Å². The molecule has 1 aromatic rings. The van der Waals surface area contributed by atoms with Crippen LogP contribution in [0.2, 0.25) is 0 Å². The minimum atomic E-state index is -0.705. The van der Waals surface area contributed by atoms with Crippen molar-refractivity contribution in [3.05, 3.63) is 24.3 Å². The molecule has 1 unspecified atom stereocenters. The van der Waals surface area contributed by atoms with Crippen LogP contribution in [-0.4, -0.2) is 35.8 Å². The quantitative estimate of drug-likeness (QED) is 0.573. The van der Waals surface area contributed by atoms with Gasteiger partial charge in [0.2, 0.25) is 0 Å². The van der Waals surface area contributed by atoms with Crippen molar-refractivity contribution in [2.45, 2.75) is 38.2 Å². The number of aliphatic hydroxyl groups is 1. The summed E-state index contributed by atoms with van der Waals surface area (Å²) in [6.45, 7) is 6.02. The molecule has 0 bridgehead atoms. The molecule has 0 fully saturated rings. The lowest BCUT2D eigenvalue weighted by Crippen LogP contribution is -2.38. The Bertz CT molecular complexity index is 526. The highest BCUT2D eigenvalue weighted by Crippen LogP contribution is 2.21. The summed E-state index contributed by atoms with van der Waals surface area (Å²) in [5.41, 5.74) is 0.340. The van der Waals surface area contributed by atoms with Gasteiger partial charge >= 0.3 is 11.8 Å². The van der Waals surface area contributed by atoms with Gasteiger partial charge in [0.25, 0.3) is 0 Å². The third kappa shape index (κ3) is 6.07.